The smallest absolute Gasteiger partial charge is 0.200 e. The first kappa shape index (κ1) is 31.4. The summed E-state index contributed by atoms with van der Waals surface area (Å²) in [4.78, 5) is 0. The molecule has 0 fully saturated rings. The number of rotatable bonds is 14. The maximum Gasteiger partial charge on any atom is 0.384 e. The number of unbranched alkanes of at least 4 members (excludes halogenated alkanes) is 1. The summed E-state index contributed by atoms with van der Waals surface area (Å²) >= 11 is 0. The standard InChI is InChI=1S/C17H16F16/c1-3-5-7-9-11(20,21)13(24,25)15(28,29)17(32,33)16(30,31)14(26,27)12(22,23)10(18,19)8-6-4-2/h3-4H,1-2,5-9H2. The van der Waals surface area contributed by atoms with Gasteiger partial charge in [-0.2, -0.15) is 70.2 Å². The third kappa shape index (κ3) is 4.66. The van der Waals surface area contributed by atoms with Crippen LogP contribution >= 0.6 is 0 Å². The molecular weight excluding hydrogens is 508 g/mol. The summed E-state index contributed by atoms with van der Waals surface area (Å²) in [6.45, 7) is 5.64. The first-order valence-electron chi connectivity index (χ1n) is 8.61. The van der Waals surface area contributed by atoms with Crippen molar-refractivity contribution < 1.29 is 70.2 Å². The monoisotopic (exact) mass is 524 g/mol. The lowest BCUT2D eigenvalue weighted by atomic mass is 9.86. The number of hydrogen-bond donors (Lipinski definition) is 0. The number of allylic oxidation sites excluding steroid dienone is 2. The average Bonchev–Trinajstić information content (AvgIpc) is 2.65. The van der Waals surface area contributed by atoms with E-state index in [0.717, 1.165) is 6.08 Å². The summed E-state index contributed by atoms with van der Waals surface area (Å²) in [5.41, 5.74) is 0. The summed E-state index contributed by atoms with van der Waals surface area (Å²) in [6, 6.07) is 0. The molecule has 0 atom stereocenters. The minimum Gasteiger partial charge on any atom is -0.200 e. The Balaban J connectivity index is 6.57. The van der Waals surface area contributed by atoms with Crippen LogP contribution in [0.2, 0.25) is 0 Å². The van der Waals surface area contributed by atoms with E-state index in [4.69, 9.17) is 0 Å². The second-order valence-electron chi connectivity index (χ2n) is 6.86. The van der Waals surface area contributed by atoms with Gasteiger partial charge in [0.2, 0.25) is 0 Å². The Morgan fingerprint density at radius 3 is 0.970 bits per heavy atom. The van der Waals surface area contributed by atoms with Crippen molar-refractivity contribution in [3.05, 3.63) is 25.3 Å². The third-order valence-electron chi connectivity index (χ3n) is 4.45. The lowest BCUT2D eigenvalue weighted by Gasteiger charge is -2.43. The Kier molecular flexibility index (Phi) is 8.73. The molecule has 0 radical (unpaired) electrons. The highest BCUT2D eigenvalue weighted by atomic mass is 19.4. The lowest BCUT2D eigenvalue weighted by molar-refractivity contribution is -0.453. The molecule has 0 heterocycles. The highest BCUT2D eigenvalue weighted by Crippen LogP contribution is 2.64. The average molecular weight is 524 g/mol. The predicted octanol–water partition coefficient (Wildman–Crippen LogP) is 8.39. The van der Waals surface area contributed by atoms with Crippen LogP contribution in [-0.4, -0.2) is 47.4 Å². The van der Waals surface area contributed by atoms with E-state index in [1.807, 2.05) is 0 Å². The fourth-order valence-corrected chi connectivity index (χ4v) is 2.31. The molecule has 0 spiro atoms. The SMILES string of the molecule is C=CCCCC(F)(F)C(F)(F)C(F)(F)C(F)(F)C(F)(F)C(F)(F)C(F)(F)C(F)(F)CCC=C. The Morgan fingerprint density at radius 1 is 0.394 bits per heavy atom. The van der Waals surface area contributed by atoms with Crippen LogP contribution in [0.15, 0.2) is 25.3 Å². The Hall–Kier alpha value is -1.64. The number of alkyl halides is 16. The van der Waals surface area contributed by atoms with Crippen molar-refractivity contribution >= 4 is 0 Å². The van der Waals surface area contributed by atoms with E-state index in [9.17, 15) is 70.2 Å². The molecule has 0 nitrogen and oxygen atoms in total. The van der Waals surface area contributed by atoms with Gasteiger partial charge < -0.3 is 0 Å². The van der Waals surface area contributed by atoms with Gasteiger partial charge in [-0.25, -0.2) is 0 Å². The molecule has 0 rings (SSSR count). The van der Waals surface area contributed by atoms with E-state index < -0.39 is 79.5 Å². The van der Waals surface area contributed by atoms with Crippen LogP contribution in [0, 0.1) is 0 Å². The van der Waals surface area contributed by atoms with Crippen LogP contribution in [0.25, 0.3) is 0 Å². The van der Waals surface area contributed by atoms with Crippen LogP contribution in [-0.2, 0) is 0 Å². The summed E-state index contributed by atoms with van der Waals surface area (Å²) in [5, 5.41) is 0. The van der Waals surface area contributed by atoms with Gasteiger partial charge in [-0.05, 0) is 19.3 Å². The van der Waals surface area contributed by atoms with Gasteiger partial charge in [0.05, 0.1) is 0 Å². The molecule has 0 aromatic heterocycles. The van der Waals surface area contributed by atoms with Crippen molar-refractivity contribution in [1.29, 1.82) is 0 Å². The summed E-state index contributed by atoms with van der Waals surface area (Å²) < 4.78 is 217. The topological polar surface area (TPSA) is 0 Å². The van der Waals surface area contributed by atoms with E-state index in [0.29, 0.717) is 6.08 Å². The first-order valence-corrected chi connectivity index (χ1v) is 8.61. The molecule has 0 bridgehead atoms. The van der Waals surface area contributed by atoms with E-state index in [1.165, 1.54) is 0 Å². The third-order valence-corrected chi connectivity index (χ3v) is 4.45. The minimum atomic E-state index is -8.37. The van der Waals surface area contributed by atoms with Crippen LogP contribution in [0.3, 0.4) is 0 Å². The molecule has 196 valence electrons. The van der Waals surface area contributed by atoms with Gasteiger partial charge in [0, 0.05) is 12.8 Å². The van der Waals surface area contributed by atoms with Crippen molar-refractivity contribution in [3.63, 3.8) is 0 Å². The summed E-state index contributed by atoms with van der Waals surface area (Å²) in [7, 11) is 0. The lowest BCUT2D eigenvalue weighted by Crippen LogP contribution is -2.74. The molecule has 0 saturated heterocycles. The van der Waals surface area contributed by atoms with Gasteiger partial charge in [0.1, 0.15) is 0 Å². The number of halogens is 16. The normalized spacial score (nSPS) is 15.5. The molecule has 0 unspecified atom stereocenters. The zero-order valence-corrected chi connectivity index (χ0v) is 16.2. The van der Waals surface area contributed by atoms with Gasteiger partial charge in [0.15, 0.2) is 0 Å². The molecule has 0 aliphatic rings. The molecule has 0 aliphatic carbocycles. The van der Waals surface area contributed by atoms with Gasteiger partial charge >= 0.3 is 47.4 Å². The largest absolute Gasteiger partial charge is 0.384 e. The van der Waals surface area contributed by atoms with Gasteiger partial charge in [-0.1, -0.05) is 12.2 Å². The quantitative estimate of drug-likeness (QED) is 0.122. The van der Waals surface area contributed by atoms with Crippen molar-refractivity contribution in [2.24, 2.45) is 0 Å². The zero-order chi connectivity index (χ0) is 26.9. The summed E-state index contributed by atoms with van der Waals surface area (Å²) in [6.07, 6.45) is -6.64. The fourth-order valence-electron chi connectivity index (χ4n) is 2.31. The van der Waals surface area contributed by atoms with Crippen LogP contribution < -0.4 is 0 Å². The zero-order valence-electron chi connectivity index (χ0n) is 16.2. The molecular formula is C17H16F16. The maximum absolute atomic E-state index is 13.7. The molecule has 0 N–H and O–H groups in total. The molecule has 0 saturated carbocycles. The molecule has 0 amide bonds. The van der Waals surface area contributed by atoms with E-state index >= 15 is 0 Å². The van der Waals surface area contributed by atoms with Crippen molar-refractivity contribution in [2.45, 2.75) is 79.5 Å². The van der Waals surface area contributed by atoms with Crippen LogP contribution in [0.4, 0.5) is 70.2 Å². The van der Waals surface area contributed by atoms with Crippen LogP contribution in [0.5, 0.6) is 0 Å². The second-order valence-corrected chi connectivity index (χ2v) is 6.86. The molecule has 33 heavy (non-hydrogen) atoms. The highest BCUT2D eigenvalue weighted by molar-refractivity contribution is 5.16. The first-order chi connectivity index (χ1) is 14.4. The Bertz CT molecular complexity index is 691. The van der Waals surface area contributed by atoms with E-state index in [1.54, 1.807) is 0 Å². The minimum absolute atomic E-state index is 0.387. The van der Waals surface area contributed by atoms with E-state index in [2.05, 4.69) is 13.2 Å². The Labute approximate surface area is 176 Å². The molecule has 0 aliphatic heterocycles. The number of hydrogen-bond acceptors (Lipinski definition) is 0. The molecule has 16 heteroatoms. The molecule has 0 aromatic carbocycles. The summed E-state index contributed by atoms with van der Waals surface area (Å²) in [5.74, 6) is -60.5. The fraction of sp³-hybridized carbons (Fsp3) is 0.765. The van der Waals surface area contributed by atoms with Gasteiger partial charge in [-0.15, -0.1) is 13.2 Å². The van der Waals surface area contributed by atoms with Crippen molar-refractivity contribution in [3.8, 4) is 0 Å². The van der Waals surface area contributed by atoms with Crippen molar-refractivity contribution in [1.82, 2.24) is 0 Å². The second kappa shape index (κ2) is 9.19. The van der Waals surface area contributed by atoms with Gasteiger partial charge in [0.25, 0.3) is 0 Å². The maximum atomic E-state index is 13.7. The van der Waals surface area contributed by atoms with E-state index in [-0.39, 0.29) is 0 Å². The highest BCUT2D eigenvalue weighted by Gasteiger charge is 2.94. The Morgan fingerprint density at radius 2 is 0.667 bits per heavy atom. The predicted molar refractivity (Wildman–Crippen MR) is 83.1 cm³/mol. The van der Waals surface area contributed by atoms with Crippen LogP contribution in [0.1, 0.15) is 32.1 Å². The van der Waals surface area contributed by atoms with Gasteiger partial charge in [-0.3, -0.25) is 0 Å². The molecule has 0 aromatic rings. The van der Waals surface area contributed by atoms with Crippen molar-refractivity contribution in [2.75, 3.05) is 0 Å².